The van der Waals surface area contributed by atoms with E-state index in [-0.39, 0.29) is 11.3 Å². The Balaban J connectivity index is 1.28. The van der Waals surface area contributed by atoms with Gasteiger partial charge in [-0.3, -0.25) is 0 Å². The zero-order chi connectivity index (χ0) is 64.4. The highest BCUT2D eigenvalue weighted by Gasteiger charge is 2.19. The number of rotatable bonds is 5. The molecule has 0 aliphatic rings. The van der Waals surface area contributed by atoms with E-state index >= 15 is 0 Å². The monoisotopic (exact) mass is 756 g/mol. The summed E-state index contributed by atoms with van der Waals surface area (Å²) in [5, 5.41) is -3.08. The summed E-state index contributed by atoms with van der Waals surface area (Å²) in [5.74, 6) is 0. The zero-order valence-electron chi connectivity index (χ0n) is 59.7. The predicted octanol–water partition coefficient (Wildman–Crippen LogP) is 14.3. The molecule has 12 rings (SSSR count). The summed E-state index contributed by atoms with van der Waals surface area (Å²) >= 11 is 0. The van der Waals surface area contributed by atoms with E-state index < -0.39 is 281 Å². The molecule has 3 heteroatoms. The molecular weight excluding hydrogens is 691 g/mol. The molecule has 0 saturated heterocycles. The van der Waals surface area contributed by atoms with E-state index in [1.54, 1.807) is 0 Å². The van der Waals surface area contributed by atoms with Crippen LogP contribution in [0.5, 0.6) is 0 Å². The molecule has 0 aliphatic heterocycles. The standard InChI is InChI=1S/C54H35N3/c1-2-14-36(15-3-1)37-16-12-17-38(32-37)39-18-13-19-40(33-39)56-51-26-10-6-22-45(51)47-31-29-42(35-53(47)56)57-52-27-11-7-23-46(52)48-30-28-41(34-54(48)57)55-49-24-8-4-20-43(49)44-21-5-9-25-50(44)55/h1-35H/i1D,2D,3D,4D,5D,6D,7D,8D,9D,10D,11D,12D,14D,15D,16D,17D,20D,21D,22D,23D,24D,25D,26D,27D,28D,29D,30D,31D,32D,34D,35D. The molecular formula is C54H35N3. The molecule has 9 aromatic carbocycles. The van der Waals surface area contributed by atoms with Crippen molar-refractivity contribution < 1.29 is 42.5 Å². The Morgan fingerprint density at radius 1 is 0.281 bits per heavy atom. The highest BCUT2D eigenvalue weighted by atomic mass is 15.0. The van der Waals surface area contributed by atoms with Crippen molar-refractivity contribution in [3.05, 3.63) is 212 Å². The summed E-state index contributed by atoms with van der Waals surface area (Å²) in [6.45, 7) is 0. The van der Waals surface area contributed by atoms with Crippen molar-refractivity contribution in [1.82, 2.24) is 13.7 Å². The Morgan fingerprint density at radius 3 is 1.21 bits per heavy atom. The Kier molecular flexibility index (Phi) is 3.02. The molecule has 3 heterocycles. The third-order valence-electron chi connectivity index (χ3n) is 9.54. The maximum Gasteiger partial charge on any atom is 0.0667 e. The van der Waals surface area contributed by atoms with E-state index in [0.717, 1.165) is 13.7 Å². The van der Waals surface area contributed by atoms with E-state index in [1.807, 2.05) is 0 Å². The molecule has 12 aromatic rings. The van der Waals surface area contributed by atoms with E-state index in [4.69, 9.17) is 24.7 Å². The van der Waals surface area contributed by atoms with Crippen LogP contribution < -0.4 is 0 Å². The third kappa shape index (κ3) is 4.86. The molecule has 3 aromatic heterocycles. The van der Waals surface area contributed by atoms with Crippen molar-refractivity contribution >= 4 is 65.4 Å². The topological polar surface area (TPSA) is 14.8 Å². The minimum Gasteiger partial charge on any atom is -0.309 e. The van der Waals surface area contributed by atoms with Gasteiger partial charge in [-0.25, -0.2) is 0 Å². The van der Waals surface area contributed by atoms with Gasteiger partial charge in [-0.15, -0.1) is 0 Å². The SMILES string of the molecule is [2H]c1c([2H])c([2H])c(-c2c([2H])c([2H])c([2H])c(-c3cccc(-n4c5c([2H])c([2H])c([2H])c([2H])c5c5c([2H])c([2H])c(-n6c7c([2H])c([2H])c([2H])c([2H])c7c7c([2H])c([2H])c(-n8c9c([2H])c([2H])c([2H])c([2H])c9c9c([2H])c([2H])c([2H])c([2H])c98)c([2H])c76)c([2H])c54)c3)c2[2H])c([2H])c1[2H]. The van der Waals surface area contributed by atoms with Crippen LogP contribution >= 0.6 is 0 Å². The zero-order valence-corrected chi connectivity index (χ0v) is 28.7. The van der Waals surface area contributed by atoms with Gasteiger partial charge in [0.05, 0.1) is 75.6 Å². The second-order valence-electron chi connectivity index (χ2n) is 12.6. The number of nitrogens with zero attached hydrogens (tertiary/aromatic N) is 3. The van der Waals surface area contributed by atoms with Crippen LogP contribution in [0.15, 0.2) is 212 Å². The van der Waals surface area contributed by atoms with Crippen LogP contribution in [-0.2, 0) is 0 Å². The van der Waals surface area contributed by atoms with Crippen molar-refractivity contribution in [2.45, 2.75) is 0 Å². The van der Waals surface area contributed by atoms with E-state index in [9.17, 15) is 17.8 Å². The first-order chi connectivity index (χ1) is 41.2. The molecule has 0 radical (unpaired) electrons. The van der Waals surface area contributed by atoms with Crippen LogP contribution in [-0.4, -0.2) is 13.7 Å². The summed E-state index contributed by atoms with van der Waals surface area (Å²) < 4.78 is 284. The Hall–Kier alpha value is -7.62. The minimum atomic E-state index is -0.997. The molecule has 0 unspecified atom stereocenters. The molecule has 0 spiro atoms. The molecule has 0 aliphatic carbocycles. The minimum absolute atomic E-state index is 0.154. The van der Waals surface area contributed by atoms with Crippen molar-refractivity contribution in [2.24, 2.45) is 0 Å². The summed E-state index contributed by atoms with van der Waals surface area (Å²) in [5.41, 5.74) is -7.23. The van der Waals surface area contributed by atoms with Gasteiger partial charge in [0.15, 0.2) is 0 Å². The average Bonchev–Trinajstić information content (AvgIpc) is 1.54. The lowest BCUT2D eigenvalue weighted by Crippen LogP contribution is -1.98. The van der Waals surface area contributed by atoms with Gasteiger partial charge >= 0.3 is 0 Å². The molecule has 57 heavy (non-hydrogen) atoms. The predicted molar refractivity (Wildman–Crippen MR) is 240 cm³/mol. The summed E-state index contributed by atoms with van der Waals surface area (Å²) in [4.78, 5) is 0. The van der Waals surface area contributed by atoms with E-state index in [0.29, 0.717) is 0 Å². The Morgan fingerprint density at radius 2 is 0.684 bits per heavy atom. The Labute approximate surface area is 373 Å². The highest BCUT2D eigenvalue weighted by molar-refractivity contribution is 6.13. The smallest absolute Gasteiger partial charge is 0.0667 e. The number of aromatic nitrogens is 3. The lowest BCUT2D eigenvalue weighted by molar-refractivity contribution is 1.14. The molecule has 3 nitrogen and oxygen atoms in total. The van der Waals surface area contributed by atoms with Crippen molar-refractivity contribution in [3.63, 3.8) is 0 Å². The van der Waals surface area contributed by atoms with Crippen molar-refractivity contribution in [1.29, 1.82) is 0 Å². The van der Waals surface area contributed by atoms with Gasteiger partial charge < -0.3 is 13.7 Å². The van der Waals surface area contributed by atoms with Gasteiger partial charge in [-0.05, 0) is 88.8 Å². The van der Waals surface area contributed by atoms with Gasteiger partial charge in [0.1, 0.15) is 0 Å². The van der Waals surface area contributed by atoms with Crippen molar-refractivity contribution in [2.75, 3.05) is 0 Å². The number of para-hydroxylation sites is 4. The fourth-order valence-corrected chi connectivity index (χ4v) is 7.14. The number of hydrogen-bond donors (Lipinski definition) is 0. The van der Waals surface area contributed by atoms with Crippen LogP contribution in [0.2, 0.25) is 0 Å². The molecule has 0 amide bonds. The normalized spacial score (nSPS) is 19.5. The van der Waals surface area contributed by atoms with Gasteiger partial charge in [0.2, 0.25) is 0 Å². The Bertz CT molecular complexity index is 5240. The maximum atomic E-state index is 10.4. The third-order valence-corrected chi connectivity index (χ3v) is 9.54. The van der Waals surface area contributed by atoms with Gasteiger partial charge in [-0.1, -0.05) is 145 Å². The second-order valence-corrected chi connectivity index (χ2v) is 12.6. The average molecular weight is 757 g/mol. The van der Waals surface area contributed by atoms with E-state index in [1.165, 1.54) is 24.3 Å². The van der Waals surface area contributed by atoms with Crippen LogP contribution in [0.3, 0.4) is 0 Å². The maximum absolute atomic E-state index is 10.4. The van der Waals surface area contributed by atoms with Crippen LogP contribution in [0, 0.1) is 0 Å². The van der Waals surface area contributed by atoms with Crippen LogP contribution in [0.4, 0.5) is 0 Å². The molecule has 0 saturated carbocycles. The van der Waals surface area contributed by atoms with Gasteiger partial charge in [0, 0.05) is 49.4 Å². The number of hydrogen-bond acceptors (Lipinski definition) is 0. The number of benzene rings is 9. The van der Waals surface area contributed by atoms with Crippen molar-refractivity contribution in [3.8, 4) is 39.3 Å². The first kappa shape index (κ1) is 13.8. The van der Waals surface area contributed by atoms with Crippen LogP contribution in [0.25, 0.3) is 105 Å². The quantitative estimate of drug-likeness (QED) is 0.166. The first-order valence-electron chi connectivity index (χ1n) is 32.6. The summed E-state index contributed by atoms with van der Waals surface area (Å²) in [6.07, 6.45) is 0. The fraction of sp³-hybridized carbons (Fsp3) is 0. The molecule has 0 bridgehead atoms. The van der Waals surface area contributed by atoms with Crippen LogP contribution in [0.1, 0.15) is 42.5 Å². The highest BCUT2D eigenvalue weighted by Crippen LogP contribution is 2.39. The first-order valence-corrected chi connectivity index (χ1v) is 17.1. The van der Waals surface area contributed by atoms with Gasteiger partial charge in [0.25, 0.3) is 0 Å². The molecule has 0 N–H and O–H groups in total. The lowest BCUT2D eigenvalue weighted by atomic mass is 9.99. The summed E-state index contributed by atoms with van der Waals surface area (Å²) in [6, 6.07) is -21.5. The molecule has 0 atom stereocenters. The molecule has 266 valence electrons. The van der Waals surface area contributed by atoms with Gasteiger partial charge in [-0.2, -0.15) is 0 Å². The largest absolute Gasteiger partial charge is 0.309 e. The number of fused-ring (bicyclic) bond motifs is 9. The van der Waals surface area contributed by atoms with E-state index in [2.05, 4.69) is 0 Å². The second kappa shape index (κ2) is 12.5. The fourth-order valence-electron chi connectivity index (χ4n) is 7.14. The molecule has 0 fully saturated rings. The lowest BCUT2D eigenvalue weighted by Gasteiger charge is -2.13. The summed E-state index contributed by atoms with van der Waals surface area (Å²) in [7, 11) is 0.